The second-order valence-electron chi connectivity index (χ2n) is 2.69. The number of hydrogen-bond acceptors (Lipinski definition) is 5. The summed E-state index contributed by atoms with van der Waals surface area (Å²) in [7, 11) is -3.91. The van der Waals surface area contributed by atoms with Gasteiger partial charge in [-0.1, -0.05) is 23.4 Å². The molecule has 0 saturated heterocycles. The summed E-state index contributed by atoms with van der Waals surface area (Å²) in [6.45, 7) is 1.24. The monoisotopic (exact) mass is 227 g/mol. The van der Waals surface area contributed by atoms with Crippen molar-refractivity contribution in [3.63, 3.8) is 0 Å². The standard InChI is InChI=1S/C9H9NO4S/c1-8(11)7-10-14-15(12,13)9-5-3-2-4-6-9/h2-7H,1H3/b10-7+. The third-order valence-corrected chi connectivity index (χ3v) is 2.54. The molecule has 5 nitrogen and oxygen atoms in total. The maximum Gasteiger partial charge on any atom is 0.358 e. The Morgan fingerprint density at radius 3 is 2.47 bits per heavy atom. The molecule has 0 unspecified atom stereocenters. The van der Waals surface area contributed by atoms with Crippen molar-refractivity contribution in [1.82, 2.24) is 0 Å². The van der Waals surface area contributed by atoms with Gasteiger partial charge in [0, 0.05) is 6.92 Å². The van der Waals surface area contributed by atoms with E-state index in [1.165, 1.54) is 19.1 Å². The Labute approximate surface area is 87.5 Å². The van der Waals surface area contributed by atoms with Gasteiger partial charge in [-0.2, -0.15) is 8.42 Å². The summed E-state index contributed by atoms with van der Waals surface area (Å²) in [5, 5.41) is 3.06. The Kier molecular flexibility index (Phi) is 3.56. The van der Waals surface area contributed by atoms with Gasteiger partial charge in [0.15, 0.2) is 5.78 Å². The number of carbonyl (C=O) groups excluding carboxylic acids is 1. The molecule has 6 heteroatoms. The van der Waals surface area contributed by atoms with Gasteiger partial charge in [-0.25, -0.2) is 0 Å². The van der Waals surface area contributed by atoms with Gasteiger partial charge in [0.25, 0.3) is 0 Å². The van der Waals surface area contributed by atoms with E-state index >= 15 is 0 Å². The molecule has 0 bridgehead atoms. The minimum absolute atomic E-state index is 0.00861. The van der Waals surface area contributed by atoms with Crippen LogP contribution in [0.5, 0.6) is 0 Å². The lowest BCUT2D eigenvalue weighted by atomic mass is 10.4. The van der Waals surface area contributed by atoms with Crippen molar-refractivity contribution in [2.45, 2.75) is 11.8 Å². The van der Waals surface area contributed by atoms with Gasteiger partial charge in [0.2, 0.25) is 0 Å². The lowest BCUT2D eigenvalue weighted by Gasteiger charge is -1.99. The first-order chi connectivity index (χ1) is 7.02. The predicted molar refractivity (Wildman–Crippen MR) is 53.9 cm³/mol. The van der Waals surface area contributed by atoms with Gasteiger partial charge < -0.3 is 0 Å². The van der Waals surface area contributed by atoms with Gasteiger partial charge in [0.1, 0.15) is 11.1 Å². The largest absolute Gasteiger partial charge is 0.358 e. The molecule has 0 spiro atoms. The van der Waals surface area contributed by atoms with E-state index in [1.54, 1.807) is 18.2 Å². The van der Waals surface area contributed by atoms with Crippen molar-refractivity contribution in [1.29, 1.82) is 0 Å². The van der Waals surface area contributed by atoms with Crippen LogP contribution in [0.3, 0.4) is 0 Å². The van der Waals surface area contributed by atoms with Crippen LogP contribution in [0.4, 0.5) is 0 Å². The summed E-state index contributed by atoms with van der Waals surface area (Å²) in [6, 6.07) is 7.55. The molecule has 0 aliphatic heterocycles. The van der Waals surface area contributed by atoms with E-state index in [-0.39, 0.29) is 4.90 Å². The number of oxime groups is 1. The van der Waals surface area contributed by atoms with Crippen LogP contribution in [0.15, 0.2) is 40.4 Å². The summed E-state index contributed by atoms with van der Waals surface area (Å²) in [5.74, 6) is -0.390. The number of hydrogen-bond donors (Lipinski definition) is 0. The fourth-order valence-electron chi connectivity index (χ4n) is 0.783. The number of benzene rings is 1. The third kappa shape index (κ3) is 3.51. The molecule has 0 N–H and O–H groups in total. The van der Waals surface area contributed by atoms with Gasteiger partial charge in [0.05, 0.1) is 0 Å². The molecular formula is C9H9NO4S. The van der Waals surface area contributed by atoms with E-state index in [2.05, 4.69) is 9.44 Å². The molecule has 0 fully saturated rings. The SMILES string of the molecule is CC(=O)/C=N/OS(=O)(=O)c1ccccc1. The second kappa shape index (κ2) is 4.70. The topological polar surface area (TPSA) is 72.8 Å². The summed E-state index contributed by atoms with van der Waals surface area (Å²) < 4.78 is 27.0. The van der Waals surface area contributed by atoms with Crippen LogP contribution in [-0.2, 0) is 19.2 Å². The van der Waals surface area contributed by atoms with E-state index in [4.69, 9.17) is 0 Å². The summed E-state index contributed by atoms with van der Waals surface area (Å²) in [5.41, 5.74) is 0. The zero-order chi connectivity index (χ0) is 11.3. The molecule has 1 aromatic rings. The Morgan fingerprint density at radius 2 is 1.93 bits per heavy atom. The molecule has 1 rings (SSSR count). The van der Waals surface area contributed by atoms with Gasteiger partial charge in [-0.15, -0.1) is 0 Å². The van der Waals surface area contributed by atoms with Crippen LogP contribution in [0, 0.1) is 0 Å². The fraction of sp³-hybridized carbons (Fsp3) is 0.111. The lowest BCUT2D eigenvalue weighted by molar-refractivity contribution is -0.110. The molecule has 1 aromatic carbocycles. The number of nitrogens with zero attached hydrogens (tertiary/aromatic N) is 1. The zero-order valence-electron chi connectivity index (χ0n) is 7.95. The average Bonchev–Trinajstić information content (AvgIpc) is 2.18. The van der Waals surface area contributed by atoms with Crippen LogP contribution in [-0.4, -0.2) is 20.4 Å². The maximum atomic E-state index is 11.4. The molecule has 0 aromatic heterocycles. The minimum atomic E-state index is -3.91. The molecule has 0 atom stereocenters. The van der Waals surface area contributed by atoms with E-state index in [1.807, 2.05) is 0 Å². The highest BCUT2D eigenvalue weighted by Gasteiger charge is 2.14. The highest BCUT2D eigenvalue weighted by molar-refractivity contribution is 7.86. The first-order valence-corrected chi connectivity index (χ1v) is 5.46. The van der Waals surface area contributed by atoms with E-state index < -0.39 is 15.9 Å². The summed E-state index contributed by atoms with van der Waals surface area (Å²) in [4.78, 5) is 10.4. The molecule has 15 heavy (non-hydrogen) atoms. The van der Waals surface area contributed by atoms with Crippen LogP contribution >= 0.6 is 0 Å². The molecule has 0 radical (unpaired) electrons. The predicted octanol–water partition coefficient (Wildman–Crippen LogP) is 0.967. The van der Waals surface area contributed by atoms with Gasteiger partial charge in [-0.05, 0) is 12.1 Å². The van der Waals surface area contributed by atoms with Crippen molar-refractivity contribution in [2.75, 3.05) is 0 Å². The Balaban J connectivity index is 2.82. The molecule has 80 valence electrons. The van der Waals surface area contributed by atoms with E-state index in [0.29, 0.717) is 0 Å². The van der Waals surface area contributed by atoms with E-state index in [9.17, 15) is 13.2 Å². The molecule has 0 saturated carbocycles. The zero-order valence-corrected chi connectivity index (χ0v) is 8.77. The summed E-state index contributed by atoms with van der Waals surface area (Å²) in [6.07, 6.45) is 0.792. The van der Waals surface area contributed by atoms with Crippen LogP contribution < -0.4 is 0 Å². The van der Waals surface area contributed by atoms with Crippen LogP contribution in [0.25, 0.3) is 0 Å². The first-order valence-electron chi connectivity index (χ1n) is 4.05. The van der Waals surface area contributed by atoms with Crippen molar-refractivity contribution in [3.05, 3.63) is 30.3 Å². The van der Waals surface area contributed by atoms with Crippen LogP contribution in [0.1, 0.15) is 6.92 Å². The fourth-order valence-corrected chi connectivity index (χ4v) is 1.52. The van der Waals surface area contributed by atoms with Gasteiger partial charge in [-0.3, -0.25) is 9.08 Å². The van der Waals surface area contributed by atoms with Crippen LogP contribution in [0.2, 0.25) is 0 Å². The van der Waals surface area contributed by atoms with E-state index in [0.717, 1.165) is 6.21 Å². The Bertz CT molecular complexity index is 464. The normalized spacial score (nSPS) is 11.5. The number of ketones is 1. The third-order valence-electron chi connectivity index (χ3n) is 1.41. The minimum Gasteiger partial charge on any atom is -0.293 e. The number of Topliss-reactive ketones (excluding diaryl/α,β-unsaturated/α-hetero) is 1. The molecule has 0 aliphatic rings. The Hall–Kier alpha value is -1.69. The van der Waals surface area contributed by atoms with Crippen molar-refractivity contribution >= 4 is 22.1 Å². The first kappa shape index (κ1) is 11.4. The second-order valence-corrected chi connectivity index (χ2v) is 4.22. The molecular weight excluding hydrogens is 218 g/mol. The van der Waals surface area contributed by atoms with Crippen molar-refractivity contribution in [3.8, 4) is 0 Å². The van der Waals surface area contributed by atoms with Crippen molar-refractivity contribution < 1.29 is 17.5 Å². The smallest absolute Gasteiger partial charge is 0.293 e. The highest BCUT2D eigenvalue weighted by atomic mass is 32.2. The Morgan fingerprint density at radius 1 is 1.33 bits per heavy atom. The van der Waals surface area contributed by atoms with Gasteiger partial charge >= 0.3 is 10.1 Å². The van der Waals surface area contributed by atoms with Crippen molar-refractivity contribution in [2.24, 2.45) is 5.16 Å². The quantitative estimate of drug-likeness (QED) is 0.567. The molecule has 0 heterocycles. The number of carbonyl (C=O) groups is 1. The molecule has 0 aliphatic carbocycles. The lowest BCUT2D eigenvalue weighted by Crippen LogP contribution is -2.03. The highest BCUT2D eigenvalue weighted by Crippen LogP contribution is 2.10. The average molecular weight is 227 g/mol. The molecule has 0 amide bonds. The number of rotatable bonds is 4. The summed E-state index contributed by atoms with van der Waals surface area (Å²) >= 11 is 0. The maximum absolute atomic E-state index is 11.4.